The van der Waals surface area contributed by atoms with E-state index in [1.54, 1.807) is 7.05 Å². The second-order valence-corrected chi connectivity index (χ2v) is 8.11. The molecule has 0 fully saturated rings. The van der Waals surface area contributed by atoms with Crippen LogP contribution < -0.4 is 15.4 Å². The van der Waals surface area contributed by atoms with Gasteiger partial charge in [0.15, 0.2) is 0 Å². The van der Waals surface area contributed by atoms with E-state index in [2.05, 4.69) is 26.5 Å². The third-order valence-electron chi connectivity index (χ3n) is 4.41. The maximum absolute atomic E-state index is 12.3. The van der Waals surface area contributed by atoms with Crippen LogP contribution in [0.25, 0.3) is 0 Å². The zero-order chi connectivity index (χ0) is 18.7. The topological polar surface area (TPSA) is 105 Å². The van der Waals surface area contributed by atoms with Crippen LogP contribution in [0.3, 0.4) is 0 Å². The van der Waals surface area contributed by atoms with Gasteiger partial charge in [-0.3, -0.25) is 9.48 Å². The number of amides is 1. The molecule has 0 radical (unpaired) electrons. The Morgan fingerprint density at radius 3 is 2.85 bits per heavy atom. The Kier molecular flexibility index (Phi) is 6.99. The van der Waals surface area contributed by atoms with E-state index in [1.807, 2.05) is 18.2 Å². The number of aromatic nitrogens is 2. The molecule has 148 valence electrons. The molecular formula is C17H24ClN5O3S. The van der Waals surface area contributed by atoms with Crippen molar-refractivity contribution < 1.29 is 13.2 Å². The maximum atomic E-state index is 12.3. The Balaban J connectivity index is 0.00000261. The summed E-state index contributed by atoms with van der Waals surface area (Å²) in [6, 6.07) is 7.26. The molecule has 0 aliphatic carbocycles. The van der Waals surface area contributed by atoms with E-state index < -0.39 is 16.1 Å². The minimum absolute atomic E-state index is 0. The molecule has 2 unspecified atom stereocenters. The fourth-order valence-corrected chi connectivity index (χ4v) is 4.21. The first-order valence-corrected chi connectivity index (χ1v) is 9.95. The Bertz CT molecular complexity index is 899. The van der Waals surface area contributed by atoms with Crippen molar-refractivity contribution in [3.8, 4) is 0 Å². The summed E-state index contributed by atoms with van der Waals surface area (Å²) in [5, 5.41) is 10.0. The Hall–Kier alpha value is -1.94. The van der Waals surface area contributed by atoms with Gasteiger partial charge in [-0.1, -0.05) is 24.3 Å². The number of hydrogen-bond acceptors (Lipinski definition) is 5. The number of benzene rings is 1. The number of sulfonamides is 1. The molecule has 1 aromatic heterocycles. The molecule has 8 nitrogen and oxygen atoms in total. The number of rotatable bonds is 6. The Morgan fingerprint density at radius 1 is 1.41 bits per heavy atom. The van der Waals surface area contributed by atoms with Gasteiger partial charge in [0.05, 0.1) is 12.2 Å². The van der Waals surface area contributed by atoms with Crippen molar-refractivity contribution in [3.05, 3.63) is 47.8 Å². The molecule has 2 atom stereocenters. The fraction of sp³-hybridized carbons (Fsp3) is 0.412. The minimum Gasteiger partial charge on any atom is -0.353 e. The van der Waals surface area contributed by atoms with Crippen LogP contribution in [0.15, 0.2) is 41.6 Å². The summed E-state index contributed by atoms with van der Waals surface area (Å²) in [5.41, 5.74) is 2.44. The summed E-state index contributed by atoms with van der Waals surface area (Å²) in [6.07, 6.45) is 3.59. The number of fused-ring (bicyclic) bond motifs is 1. The van der Waals surface area contributed by atoms with Gasteiger partial charge >= 0.3 is 0 Å². The number of halogens is 1. The van der Waals surface area contributed by atoms with Crippen LogP contribution in [0.4, 0.5) is 0 Å². The average molecular weight is 414 g/mol. The zero-order valence-electron chi connectivity index (χ0n) is 15.2. The van der Waals surface area contributed by atoms with E-state index in [9.17, 15) is 13.2 Å². The molecule has 3 rings (SSSR count). The molecule has 1 aliphatic rings. The fourth-order valence-electron chi connectivity index (χ4n) is 3.02. The van der Waals surface area contributed by atoms with E-state index in [1.165, 1.54) is 35.1 Å². The van der Waals surface area contributed by atoms with Crippen LogP contribution in [-0.4, -0.2) is 43.2 Å². The zero-order valence-corrected chi connectivity index (χ0v) is 16.8. The van der Waals surface area contributed by atoms with Gasteiger partial charge in [0.25, 0.3) is 0 Å². The summed E-state index contributed by atoms with van der Waals surface area (Å²) in [5.74, 6) is -0.373. The highest BCUT2D eigenvalue weighted by atomic mass is 35.5. The van der Waals surface area contributed by atoms with Crippen molar-refractivity contribution in [2.45, 2.75) is 30.3 Å². The first-order valence-electron chi connectivity index (χ1n) is 8.46. The average Bonchev–Trinajstić information content (AvgIpc) is 3.06. The summed E-state index contributed by atoms with van der Waals surface area (Å²) in [6.45, 7) is 2.76. The summed E-state index contributed by atoms with van der Waals surface area (Å²) < 4.78 is 28.3. The lowest BCUT2D eigenvalue weighted by Gasteiger charge is -2.27. The highest BCUT2D eigenvalue weighted by Gasteiger charge is 2.25. The molecule has 0 saturated heterocycles. The second kappa shape index (κ2) is 8.83. The molecule has 1 aliphatic heterocycles. The molecule has 2 aromatic rings. The Morgan fingerprint density at radius 2 is 2.15 bits per heavy atom. The van der Waals surface area contributed by atoms with Crippen molar-refractivity contribution in [2.75, 3.05) is 13.1 Å². The van der Waals surface area contributed by atoms with Crippen LogP contribution in [0, 0.1) is 0 Å². The third-order valence-corrected chi connectivity index (χ3v) is 5.91. The van der Waals surface area contributed by atoms with Gasteiger partial charge in [-0.25, -0.2) is 8.42 Å². The molecule has 0 bridgehead atoms. The van der Waals surface area contributed by atoms with Crippen LogP contribution in [0.2, 0.25) is 0 Å². The van der Waals surface area contributed by atoms with Crippen molar-refractivity contribution in [1.82, 2.24) is 25.1 Å². The van der Waals surface area contributed by atoms with E-state index in [0.717, 1.165) is 13.0 Å². The van der Waals surface area contributed by atoms with Crippen molar-refractivity contribution in [3.63, 3.8) is 0 Å². The highest BCUT2D eigenvalue weighted by molar-refractivity contribution is 7.89. The molecule has 27 heavy (non-hydrogen) atoms. The molecule has 3 N–H and O–H groups in total. The molecule has 0 saturated carbocycles. The lowest BCUT2D eigenvalue weighted by molar-refractivity contribution is -0.122. The highest BCUT2D eigenvalue weighted by Crippen LogP contribution is 2.21. The number of nitrogens with zero attached hydrogens (tertiary/aromatic N) is 2. The quantitative estimate of drug-likeness (QED) is 0.640. The van der Waals surface area contributed by atoms with Crippen LogP contribution in [0.1, 0.15) is 24.1 Å². The first-order chi connectivity index (χ1) is 12.4. The van der Waals surface area contributed by atoms with Crippen molar-refractivity contribution in [1.29, 1.82) is 0 Å². The monoisotopic (exact) mass is 413 g/mol. The first kappa shape index (κ1) is 21.4. The van der Waals surface area contributed by atoms with Gasteiger partial charge in [-0.05, 0) is 31.0 Å². The van der Waals surface area contributed by atoms with E-state index in [0.29, 0.717) is 6.54 Å². The molecule has 1 aromatic carbocycles. The van der Waals surface area contributed by atoms with E-state index in [-0.39, 0.29) is 29.3 Å². The van der Waals surface area contributed by atoms with Crippen LogP contribution in [0.5, 0.6) is 0 Å². The van der Waals surface area contributed by atoms with Gasteiger partial charge in [0.2, 0.25) is 15.9 Å². The summed E-state index contributed by atoms with van der Waals surface area (Å²) in [7, 11) is -2.16. The third kappa shape index (κ3) is 5.07. The number of hydrogen-bond donors (Lipinski definition) is 3. The molecule has 10 heteroatoms. The number of aryl methyl sites for hydroxylation is 1. The summed E-state index contributed by atoms with van der Waals surface area (Å²) >= 11 is 0. The number of nitrogens with one attached hydrogen (secondary N) is 3. The minimum atomic E-state index is -3.79. The normalized spacial score (nSPS) is 17.5. The predicted molar refractivity (Wildman–Crippen MR) is 104 cm³/mol. The lowest BCUT2D eigenvalue weighted by Crippen LogP contribution is -2.47. The van der Waals surface area contributed by atoms with Gasteiger partial charge in [-0.15, -0.1) is 12.4 Å². The Labute approximate surface area is 165 Å². The van der Waals surface area contributed by atoms with Crippen molar-refractivity contribution in [2.24, 2.45) is 7.05 Å². The SMILES string of the molecule is CC(NS(=O)(=O)c1cnn(C)c1)C(=O)NCC1NCCc2ccccc21.Cl. The second-order valence-electron chi connectivity index (χ2n) is 6.39. The van der Waals surface area contributed by atoms with E-state index in [4.69, 9.17) is 0 Å². The molecule has 1 amide bonds. The van der Waals surface area contributed by atoms with Crippen LogP contribution >= 0.6 is 12.4 Å². The molecule has 0 spiro atoms. The van der Waals surface area contributed by atoms with Gasteiger partial charge in [0.1, 0.15) is 4.90 Å². The maximum Gasteiger partial charge on any atom is 0.244 e. The van der Waals surface area contributed by atoms with Crippen molar-refractivity contribution >= 4 is 28.3 Å². The number of carbonyl (C=O) groups excluding carboxylic acids is 1. The van der Waals surface area contributed by atoms with Crippen LogP contribution in [-0.2, 0) is 28.3 Å². The van der Waals surface area contributed by atoms with Gasteiger partial charge in [0, 0.05) is 25.8 Å². The largest absolute Gasteiger partial charge is 0.353 e. The smallest absolute Gasteiger partial charge is 0.244 e. The number of carbonyl (C=O) groups is 1. The standard InChI is InChI=1S/C17H23N5O3S.ClH/c1-12(21-26(24,25)14-9-20-22(2)11-14)17(23)19-10-16-15-6-4-3-5-13(15)7-8-18-16;/h3-6,9,11-12,16,18,21H,7-8,10H2,1-2H3,(H,19,23);1H. The van der Waals surface area contributed by atoms with E-state index >= 15 is 0 Å². The lowest BCUT2D eigenvalue weighted by atomic mass is 9.94. The molecule has 2 heterocycles. The summed E-state index contributed by atoms with van der Waals surface area (Å²) in [4.78, 5) is 12.4. The molecular weight excluding hydrogens is 390 g/mol. The van der Waals surface area contributed by atoms with Gasteiger partial charge < -0.3 is 10.6 Å². The predicted octanol–water partition coefficient (Wildman–Crippen LogP) is 0.512. The van der Waals surface area contributed by atoms with Gasteiger partial charge in [-0.2, -0.15) is 9.82 Å².